The van der Waals surface area contributed by atoms with Gasteiger partial charge >= 0.3 is 12.6 Å². The molecule has 172 valence electrons. The number of aromatic nitrogens is 2. The summed E-state index contributed by atoms with van der Waals surface area (Å²) in [5, 5.41) is 6.83. The van der Waals surface area contributed by atoms with E-state index in [-0.39, 0.29) is 29.4 Å². The number of hydrogen-bond donors (Lipinski definition) is 1. The number of halogens is 2. The van der Waals surface area contributed by atoms with Crippen molar-refractivity contribution in [2.24, 2.45) is 0 Å². The third-order valence-corrected chi connectivity index (χ3v) is 4.32. The maximum absolute atomic E-state index is 12.7. The summed E-state index contributed by atoms with van der Waals surface area (Å²) in [6.07, 6.45) is 4.17. The van der Waals surface area contributed by atoms with Crippen molar-refractivity contribution in [1.29, 1.82) is 0 Å². The molecule has 0 aliphatic rings. The molecule has 0 unspecified atom stereocenters. The predicted octanol–water partition coefficient (Wildman–Crippen LogP) is 4.31. The molecule has 0 aliphatic heterocycles. The average Bonchev–Trinajstić information content (AvgIpc) is 3.29. The molecular formula is C23H21F2N3O5. The Morgan fingerprint density at radius 2 is 1.91 bits per heavy atom. The number of anilines is 1. The van der Waals surface area contributed by atoms with Gasteiger partial charge in [0.15, 0.2) is 17.2 Å². The van der Waals surface area contributed by atoms with Crippen LogP contribution in [-0.2, 0) is 9.53 Å². The molecule has 0 aliphatic carbocycles. The number of ether oxygens (including phenoxy) is 3. The van der Waals surface area contributed by atoms with Crippen LogP contribution in [0.15, 0.2) is 60.8 Å². The normalized spacial score (nSPS) is 10.9. The summed E-state index contributed by atoms with van der Waals surface area (Å²) in [5.41, 5.74) is 1.62. The Morgan fingerprint density at radius 3 is 2.58 bits per heavy atom. The van der Waals surface area contributed by atoms with Crippen LogP contribution in [0.1, 0.15) is 23.0 Å². The number of nitrogens with one attached hydrogen (secondary N) is 1. The number of nitrogens with zero attached hydrogens (tertiary/aromatic N) is 2. The van der Waals surface area contributed by atoms with E-state index < -0.39 is 18.5 Å². The van der Waals surface area contributed by atoms with Crippen LogP contribution < -0.4 is 14.8 Å². The zero-order valence-corrected chi connectivity index (χ0v) is 17.8. The van der Waals surface area contributed by atoms with Crippen molar-refractivity contribution in [1.82, 2.24) is 9.78 Å². The molecule has 0 fully saturated rings. The zero-order chi connectivity index (χ0) is 23.8. The van der Waals surface area contributed by atoms with Crippen molar-refractivity contribution in [3.63, 3.8) is 0 Å². The topological polar surface area (TPSA) is 91.7 Å². The zero-order valence-electron chi connectivity index (χ0n) is 17.8. The monoisotopic (exact) mass is 457 g/mol. The summed E-state index contributed by atoms with van der Waals surface area (Å²) >= 11 is 0. The van der Waals surface area contributed by atoms with E-state index in [2.05, 4.69) is 15.2 Å². The molecule has 0 bridgehead atoms. The van der Waals surface area contributed by atoms with Gasteiger partial charge < -0.3 is 19.5 Å². The predicted molar refractivity (Wildman–Crippen MR) is 117 cm³/mol. The molecule has 3 rings (SSSR count). The summed E-state index contributed by atoms with van der Waals surface area (Å²) in [5.74, 6) is -1.02. The molecule has 0 saturated carbocycles. The van der Waals surface area contributed by atoms with Gasteiger partial charge in [0.1, 0.15) is 0 Å². The lowest BCUT2D eigenvalue weighted by atomic mass is 10.1. The van der Waals surface area contributed by atoms with Crippen LogP contribution >= 0.6 is 0 Å². The van der Waals surface area contributed by atoms with E-state index in [0.717, 1.165) is 0 Å². The van der Waals surface area contributed by atoms with Crippen LogP contribution in [0, 0.1) is 0 Å². The SMILES string of the molecule is CCOC(=O)c1ccn(-c2ccc(NC(=O)C=Cc3cccc(OC)c3OC(F)F)cc2)n1. The Balaban J connectivity index is 1.67. The molecule has 0 spiro atoms. The summed E-state index contributed by atoms with van der Waals surface area (Å²) < 4.78 is 41.4. The Hall–Kier alpha value is -4.21. The fourth-order valence-corrected chi connectivity index (χ4v) is 2.87. The lowest BCUT2D eigenvalue weighted by Crippen LogP contribution is -2.08. The summed E-state index contributed by atoms with van der Waals surface area (Å²) in [4.78, 5) is 24.0. The molecule has 33 heavy (non-hydrogen) atoms. The van der Waals surface area contributed by atoms with Crippen LogP contribution in [0.4, 0.5) is 14.5 Å². The maximum Gasteiger partial charge on any atom is 0.387 e. The van der Waals surface area contributed by atoms with E-state index in [4.69, 9.17) is 9.47 Å². The molecule has 2 aromatic carbocycles. The van der Waals surface area contributed by atoms with Crippen LogP contribution in [0.5, 0.6) is 11.5 Å². The molecule has 0 radical (unpaired) electrons. The van der Waals surface area contributed by atoms with Gasteiger partial charge in [-0.05, 0) is 49.4 Å². The Bertz CT molecular complexity index is 1140. The highest BCUT2D eigenvalue weighted by molar-refractivity contribution is 6.02. The second kappa shape index (κ2) is 10.9. The average molecular weight is 457 g/mol. The maximum atomic E-state index is 12.7. The minimum atomic E-state index is -3.04. The molecule has 3 aromatic rings. The number of esters is 1. The molecule has 10 heteroatoms. The van der Waals surface area contributed by atoms with Gasteiger partial charge in [0, 0.05) is 23.5 Å². The van der Waals surface area contributed by atoms with Crippen LogP contribution in [0.2, 0.25) is 0 Å². The lowest BCUT2D eigenvalue weighted by Gasteiger charge is -2.12. The molecule has 1 amide bonds. The lowest BCUT2D eigenvalue weighted by molar-refractivity contribution is -0.111. The van der Waals surface area contributed by atoms with Crippen molar-refractivity contribution >= 4 is 23.6 Å². The largest absolute Gasteiger partial charge is 0.493 e. The number of hydrogen-bond acceptors (Lipinski definition) is 6. The molecule has 1 aromatic heterocycles. The molecule has 0 saturated heterocycles. The first-order valence-electron chi connectivity index (χ1n) is 9.85. The molecule has 1 N–H and O–H groups in total. The highest BCUT2D eigenvalue weighted by Crippen LogP contribution is 2.33. The standard InChI is InChI=1S/C23H21F2N3O5/c1-3-32-22(30)18-13-14-28(27-18)17-10-8-16(9-11-17)26-20(29)12-7-15-5-4-6-19(31-2)21(15)33-23(24)25/h4-14,23H,3H2,1-2H3,(H,26,29). The number of amides is 1. The molecule has 1 heterocycles. The fourth-order valence-electron chi connectivity index (χ4n) is 2.87. The number of para-hydroxylation sites is 1. The Kier molecular flexibility index (Phi) is 7.74. The smallest absolute Gasteiger partial charge is 0.387 e. The number of methoxy groups -OCH3 is 1. The molecule has 0 atom stereocenters. The number of carbonyl (C=O) groups excluding carboxylic acids is 2. The van der Waals surface area contributed by atoms with Crippen LogP contribution in [0.25, 0.3) is 11.8 Å². The van der Waals surface area contributed by atoms with Gasteiger partial charge in [0.25, 0.3) is 0 Å². The first-order chi connectivity index (χ1) is 15.9. The van der Waals surface area contributed by atoms with Crippen molar-refractivity contribution in [3.8, 4) is 17.2 Å². The number of rotatable bonds is 9. The van der Waals surface area contributed by atoms with Crippen molar-refractivity contribution < 1.29 is 32.6 Å². The van der Waals surface area contributed by atoms with Gasteiger partial charge in [0.05, 0.1) is 19.4 Å². The van der Waals surface area contributed by atoms with E-state index in [1.165, 1.54) is 36.1 Å². The third-order valence-electron chi connectivity index (χ3n) is 4.32. The second-order valence-corrected chi connectivity index (χ2v) is 6.49. The van der Waals surface area contributed by atoms with Crippen molar-refractivity contribution in [2.75, 3.05) is 19.0 Å². The van der Waals surface area contributed by atoms with Gasteiger partial charge in [-0.2, -0.15) is 13.9 Å². The van der Waals surface area contributed by atoms with Gasteiger partial charge in [-0.15, -0.1) is 0 Å². The van der Waals surface area contributed by atoms with Crippen LogP contribution in [-0.4, -0.2) is 42.0 Å². The van der Waals surface area contributed by atoms with Crippen molar-refractivity contribution in [3.05, 3.63) is 72.1 Å². The minimum absolute atomic E-state index is 0.123. The fraction of sp³-hybridized carbons (Fsp3) is 0.174. The van der Waals surface area contributed by atoms with Gasteiger partial charge in [-0.1, -0.05) is 12.1 Å². The van der Waals surface area contributed by atoms with Gasteiger partial charge in [-0.25, -0.2) is 9.48 Å². The van der Waals surface area contributed by atoms with E-state index in [0.29, 0.717) is 11.4 Å². The number of alkyl halides is 2. The molecule has 8 nitrogen and oxygen atoms in total. The van der Waals surface area contributed by atoms with E-state index in [9.17, 15) is 18.4 Å². The third kappa shape index (κ3) is 6.16. The van der Waals surface area contributed by atoms with Crippen molar-refractivity contribution in [2.45, 2.75) is 13.5 Å². The minimum Gasteiger partial charge on any atom is -0.493 e. The van der Waals surface area contributed by atoms with E-state index in [1.807, 2.05) is 0 Å². The first kappa shape index (κ1) is 23.5. The number of benzene rings is 2. The van der Waals surface area contributed by atoms with Gasteiger partial charge in [0.2, 0.25) is 5.91 Å². The Labute approximate surface area is 188 Å². The second-order valence-electron chi connectivity index (χ2n) is 6.49. The highest BCUT2D eigenvalue weighted by atomic mass is 19.3. The Morgan fingerprint density at radius 1 is 1.15 bits per heavy atom. The van der Waals surface area contributed by atoms with Gasteiger partial charge in [-0.3, -0.25) is 4.79 Å². The first-order valence-corrected chi connectivity index (χ1v) is 9.85. The highest BCUT2D eigenvalue weighted by Gasteiger charge is 2.14. The quantitative estimate of drug-likeness (QED) is 0.380. The summed E-state index contributed by atoms with van der Waals surface area (Å²) in [6, 6.07) is 12.9. The van der Waals surface area contributed by atoms with E-state index >= 15 is 0 Å². The van der Waals surface area contributed by atoms with Crippen LogP contribution in [0.3, 0.4) is 0 Å². The molecular weight excluding hydrogens is 436 g/mol. The summed E-state index contributed by atoms with van der Waals surface area (Å²) in [7, 11) is 1.33. The van der Waals surface area contributed by atoms with E-state index in [1.54, 1.807) is 49.5 Å². The number of carbonyl (C=O) groups is 2. The summed E-state index contributed by atoms with van der Waals surface area (Å²) in [6.45, 7) is -1.07.